The van der Waals surface area contributed by atoms with E-state index >= 15 is 0 Å². The molecule has 3 N–H and O–H groups in total. The molecule has 1 rings (SSSR count). The van der Waals surface area contributed by atoms with Crippen molar-refractivity contribution in [3.63, 3.8) is 0 Å². The summed E-state index contributed by atoms with van der Waals surface area (Å²) >= 11 is 12.1. The molecule has 0 spiro atoms. The maximum atomic E-state index is 6.18. The van der Waals surface area contributed by atoms with Gasteiger partial charge < -0.3 is 20.5 Å². The second-order valence-corrected chi connectivity index (χ2v) is 5.95. The molecule has 5 nitrogen and oxygen atoms in total. The van der Waals surface area contributed by atoms with Crippen molar-refractivity contribution >= 4 is 53.1 Å². The molecule has 0 bridgehead atoms. The molecule has 0 fully saturated rings. The van der Waals surface area contributed by atoms with Crippen molar-refractivity contribution in [2.75, 3.05) is 33.5 Å². The molecular formula is C16H26Cl2IN3O2. The van der Waals surface area contributed by atoms with Crippen molar-refractivity contribution in [1.29, 1.82) is 0 Å². The lowest BCUT2D eigenvalue weighted by atomic mass is 10.1. The van der Waals surface area contributed by atoms with Crippen LogP contribution < -0.4 is 11.1 Å². The zero-order valence-corrected chi connectivity index (χ0v) is 17.9. The Balaban J connectivity index is 0.00000529. The molecule has 1 unspecified atom stereocenters. The average Bonchev–Trinajstić information content (AvgIpc) is 2.49. The summed E-state index contributed by atoms with van der Waals surface area (Å²) in [7, 11) is 1.66. The van der Waals surface area contributed by atoms with Gasteiger partial charge in [0.15, 0.2) is 5.96 Å². The Morgan fingerprint density at radius 1 is 1.25 bits per heavy atom. The average molecular weight is 490 g/mol. The monoisotopic (exact) mass is 489 g/mol. The van der Waals surface area contributed by atoms with E-state index < -0.39 is 0 Å². The Labute approximate surface area is 171 Å². The van der Waals surface area contributed by atoms with Gasteiger partial charge in [0.25, 0.3) is 0 Å². The van der Waals surface area contributed by atoms with Gasteiger partial charge in [-0.05, 0) is 37.5 Å². The normalized spacial score (nSPS) is 12.6. The lowest BCUT2D eigenvalue weighted by Gasteiger charge is -2.16. The summed E-state index contributed by atoms with van der Waals surface area (Å²) in [4.78, 5) is 4.30. The highest BCUT2D eigenvalue weighted by Crippen LogP contribution is 2.25. The van der Waals surface area contributed by atoms with Gasteiger partial charge in [-0.15, -0.1) is 24.0 Å². The van der Waals surface area contributed by atoms with Crippen molar-refractivity contribution in [2.24, 2.45) is 10.7 Å². The first-order valence-corrected chi connectivity index (χ1v) is 8.38. The molecule has 0 aromatic heterocycles. The lowest BCUT2D eigenvalue weighted by Crippen LogP contribution is -2.34. The van der Waals surface area contributed by atoms with Crippen LogP contribution in [0.15, 0.2) is 23.2 Å². The third kappa shape index (κ3) is 9.88. The van der Waals surface area contributed by atoms with E-state index in [2.05, 4.69) is 10.3 Å². The first kappa shape index (κ1) is 23.7. The number of aliphatic imine (C=N–C) groups is 1. The molecule has 138 valence electrons. The molecule has 1 atom stereocenters. The zero-order chi connectivity index (χ0) is 17.1. The van der Waals surface area contributed by atoms with E-state index in [-0.39, 0.29) is 30.0 Å². The first-order chi connectivity index (χ1) is 11.0. The SMILES string of the molecule is COCCOCCCCN=C(N)NC(C)c1ccc(Cl)cc1Cl.I. The number of rotatable bonds is 10. The number of nitrogens with zero attached hydrogens (tertiary/aromatic N) is 1. The molecule has 0 amide bonds. The minimum Gasteiger partial charge on any atom is -0.382 e. The number of hydrogen-bond donors (Lipinski definition) is 2. The van der Waals surface area contributed by atoms with E-state index in [1.165, 1.54) is 0 Å². The van der Waals surface area contributed by atoms with Crippen LogP contribution in [-0.4, -0.2) is 39.4 Å². The summed E-state index contributed by atoms with van der Waals surface area (Å²) in [6.45, 7) is 4.60. The number of halogens is 3. The van der Waals surface area contributed by atoms with Crippen molar-refractivity contribution in [2.45, 2.75) is 25.8 Å². The van der Waals surface area contributed by atoms with Crippen LogP contribution in [0.5, 0.6) is 0 Å². The largest absolute Gasteiger partial charge is 0.382 e. The standard InChI is InChI=1S/C16H25Cl2N3O2.HI/c1-12(14-6-5-13(17)11-15(14)18)21-16(19)20-7-3-4-8-23-10-9-22-2;/h5-6,11-12H,3-4,7-10H2,1-2H3,(H3,19,20,21);1H. The highest BCUT2D eigenvalue weighted by molar-refractivity contribution is 14.0. The summed E-state index contributed by atoms with van der Waals surface area (Å²) < 4.78 is 10.3. The van der Waals surface area contributed by atoms with E-state index in [1.807, 2.05) is 13.0 Å². The number of ether oxygens (including phenoxy) is 2. The van der Waals surface area contributed by atoms with Crippen LogP contribution >= 0.6 is 47.2 Å². The van der Waals surface area contributed by atoms with Gasteiger partial charge in [0, 0.05) is 30.3 Å². The van der Waals surface area contributed by atoms with Crippen LogP contribution in [0.25, 0.3) is 0 Å². The van der Waals surface area contributed by atoms with Crippen LogP contribution in [0.3, 0.4) is 0 Å². The van der Waals surface area contributed by atoms with Crippen molar-refractivity contribution in [3.8, 4) is 0 Å². The fourth-order valence-corrected chi connectivity index (χ4v) is 2.53. The van der Waals surface area contributed by atoms with Gasteiger partial charge in [-0.2, -0.15) is 0 Å². The smallest absolute Gasteiger partial charge is 0.189 e. The van der Waals surface area contributed by atoms with Crippen molar-refractivity contribution < 1.29 is 9.47 Å². The predicted octanol–water partition coefficient (Wildman–Crippen LogP) is 4.02. The molecule has 0 saturated carbocycles. The summed E-state index contributed by atoms with van der Waals surface area (Å²) in [5.41, 5.74) is 6.83. The van der Waals surface area contributed by atoms with Gasteiger partial charge in [0.1, 0.15) is 0 Å². The first-order valence-electron chi connectivity index (χ1n) is 7.62. The molecule has 0 aliphatic rings. The number of unbranched alkanes of at least 4 members (excludes halogenated alkanes) is 1. The Hall–Kier alpha value is -0.280. The second-order valence-electron chi connectivity index (χ2n) is 5.11. The quantitative estimate of drug-likeness (QED) is 0.225. The predicted molar refractivity (Wildman–Crippen MR) is 112 cm³/mol. The van der Waals surface area contributed by atoms with E-state index in [0.29, 0.717) is 42.4 Å². The Kier molecular flexibility index (Phi) is 13.8. The molecule has 8 heteroatoms. The van der Waals surface area contributed by atoms with E-state index in [4.69, 9.17) is 38.4 Å². The van der Waals surface area contributed by atoms with Crippen LogP contribution in [0.2, 0.25) is 10.0 Å². The molecule has 0 radical (unpaired) electrons. The van der Waals surface area contributed by atoms with Gasteiger partial charge >= 0.3 is 0 Å². The lowest BCUT2D eigenvalue weighted by molar-refractivity contribution is 0.0690. The second kappa shape index (κ2) is 13.9. The third-order valence-electron chi connectivity index (χ3n) is 3.20. The molecule has 0 saturated heterocycles. The number of benzene rings is 1. The Morgan fingerprint density at radius 2 is 2.00 bits per heavy atom. The summed E-state index contributed by atoms with van der Waals surface area (Å²) in [5.74, 6) is 0.406. The van der Waals surface area contributed by atoms with Crippen molar-refractivity contribution in [3.05, 3.63) is 33.8 Å². The van der Waals surface area contributed by atoms with E-state index in [1.54, 1.807) is 19.2 Å². The van der Waals surface area contributed by atoms with Crippen molar-refractivity contribution in [1.82, 2.24) is 5.32 Å². The van der Waals surface area contributed by atoms with E-state index in [0.717, 1.165) is 18.4 Å². The van der Waals surface area contributed by atoms with Crippen LogP contribution in [0, 0.1) is 0 Å². The summed E-state index contributed by atoms with van der Waals surface area (Å²) in [6.07, 6.45) is 1.87. The van der Waals surface area contributed by atoms with Crippen LogP contribution in [0.4, 0.5) is 0 Å². The fraction of sp³-hybridized carbons (Fsp3) is 0.562. The van der Waals surface area contributed by atoms with Gasteiger partial charge in [-0.25, -0.2) is 0 Å². The third-order valence-corrected chi connectivity index (χ3v) is 3.77. The highest BCUT2D eigenvalue weighted by Gasteiger charge is 2.10. The summed E-state index contributed by atoms with van der Waals surface area (Å²) in [6, 6.07) is 5.36. The number of nitrogens with two attached hydrogens (primary N) is 1. The van der Waals surface area contributed by atoms with Gasteiger partial charge in [0.05, 0.1) is 19.3 Å². The Bertz CT molecular complexity index is 504. The molecule has 0 heterocycles. The molecular weight excluding hydrogens is 464 g/mol. The number of methoxy groups -OCH3 is 1. The molecule has 1 aromatic carbocycles. The highest BCUT2D eigenvalue weighted by atomic mass is 127. The number of guanidine groups is 1. The molecule has 0 aliphatic heterocycles. The number of hydrogen-bond acceptors (Lipinski definition) is 3. The van der Waals surface area contributed by atoms with Gasteiger partial charge in [-0.3, -0.25) is 4.99 Å². The van der Waals surface area contributed by atoms with Gasteiger partial charge in [-0.1, -0.05) is 29.3 Å². The van der Waals surface area contributed by atoms with Gasteiger partial charge in [0.2, 0.25) is 0 Å². The van der Waals surface area contributed by atoms with Crippen LogP contribution in [-0.2, 0) is 9.47 Å². The number of nitrogens with one attached hydrogen (secondary N) is 1. The Morgan fingerprint density at radius 3 is 2.67 bits per heavy atom. The minimum atomic E-state index is -0.0408. The maximum Gasteiger partial charge on any atom is 0.189 e. The topological polar surface area (TPSA) is 68.9 Å². The zero-order valence-electron chi connectivity index (χ0n) is 14.1. The fourth-order valence-electron chi connectivity index (χ4n) is 1.96. The maximum absolute atomic E-state index is 6.18. The minimum absolute atomic E-state index is 0. The van der Waals surface area contributed by atoms with E-state index in [9.17, 15) is 0 Å². The summed E-state index contributed by atoms with van der Waals surface area (Å²) in [5, 5.41) is 4.35. The molecule has 0 aliphatic carbocycles. The molecule has 1 aromatic rings. The molecule has 24 heavy (non-hydrogen) atoms. The van der Waals surface area contributed by atoms with Crippen LogP contribution in [0.1, 0.15) is 31.4 Å².